The number of piperidine rings is 1. The van der Waals surface area contributed by atoms with Crippen molar-refractivity contribution in [1.29, 1.82) is 5.41 Å². The Kier molecular flexibility index (Phi) is 9.99. The first-order chi connectivity index (χ1) is 20.0. The lowest BCUT2D eigenvalue weighted by molar-refractivity contribution is -0.130. The highest BCUT2D eigenvalue weighted by atomic mass is 16.2. The smallest absolute Gasteiger partial charge is 0.255 e. The Morgan fingerprint density at radius 3 is 2.45 bits per heavy atom. The molecule has 5 rings (SSSR count). The van der Waals surface area contributed by atoms with Gasteiger partial charge in [-0.25, -0.2) is 4.98 Å². The van der Waals surface area contributed by atoms with E-state index in [1.165, 1.54) is 18.4 Å². The first-order valence-corrected chi connectivity index (χ1v) is 14.9. The Bertz CT molecular complexity index is 1450. The molecule has 1 aromatic heterocycles. The number of benzene rings is 2. The maximum atomic E-state index is 12.9. The average molecular weight is 569 g/mol. The summed E-state index contributed by atoms with van der Waals surface area (Å²) in [6.45, 7) is 12.2. The Morgan fingerprint density at radius 2 is 1.83 bits per heavy atom. The summed E-state index contributed by atoms with van der Waals surface area (Å²) in [5.74, 6) is 1.80. The summed E-state index contributed by atoms with van der Waals surface area (Å²) in [4.78, 5) is 29.8. The van der Waals surface area contributed by atoms with Crippen LogP contribution in [0.15, 0.2) is 54.7 Å². The zero-order valence-corrected chi connectivity index (χ0v) is 25.5. The summed E-state index contributed by atoms with van der Waals surface area (Å²) in [6, 6.07) is 15.1. The lowest BCUT2D eigenvalue weighted by atomic mass is 9.97. The molecule has 1 aliphatic heterocycles. The molecule has 1 unspecified atom stereocenters. The van der Waals surface area contributed by atoms with Gasteiger partial charge in [0.1, 0.15) is 5.82 Å². The largest absolute Gasteiger partial charge is 0.383 e. The van der Waals surface area contributed by atoms with Crippen LogP contribution in [-0.2, 0) is 4.79 Å². The first kappa shape index (κ1) is 30.8. The van der Waals surface area contributed by atoms with E-state index in [2.05, 4.69) is 49.4 Å². The fraction of sp³-hybridized carbons (Fsp3) is 0.412. The van der Waals surface area contributed by atoms with Crippen molar-refractivity contribution < 1.29 is 9.59 Å². The van der Waals surface area contributed by atoms with Crippen molar-refractivity contribution in [3.05, 3.63) is 77.0 Å². The summed E-state index contributed by atoms with van der Waals surface area (Å²) >= 11 is 0. The molecule has 222 valence electrons. The van der Waals surface area contributed by atoms with Gasteiger partial charge in [0, 0.05) is 54.8 Å². The number of nitrogens with two attached hydrogens (primary N) is 1. The summed E-state index contributed by atoms with van der Waals surface area (Å²) in [5.41, 5.74) is 12.5. The van der Waals surface area contributed by atoms with Gasteiger partial charge in [0.15, 0.2) is 0 Å². The second-order valence-electron chi connectivity index (χ2n) is 11.9. The molecule has 2 heterocycles. The monoisotopic (exact) mass is 568 g/mol. The number of hydrogen-bond donors (Lipinski definition) is 4. The molecule has 3 aromatic rings. The minimum absolute atomic E-state index is 0.175. The van der Waals surface area contributed by atoms with Crippen molar-refractivity contribution in [2.75, 3.05) is 29.5 Å². The zero-order chi connectivity index (χ0) is 30.4. The van der Waals surface area contributed by atoms with E-state index in [4.69, 9.17) is 11.1 Å². The predicted octanol–water partition coefficient (Wildman–Crippen LogP) is 7.13. The number of nitrogen functional groups attached to an aromatic ring is 1. The standard InChI is InChI=1S/C26H29N5O.C8H15NO/c1-15(2)21-10-9-20(13-16(21)3)31-26(32)18-5-4-6-19(14-18)30-22-11-12-29-25(28)23(22)24(27)17-7-8-17;1-7-4-3-5-9(6-7)8(2)10/h4-6,9-15,17,27H,7-8H2,1-3H3,(H,31,32)(H3,28,29,30);7H,3-6H2,1-2H3. The van der Waals surface area contributed by atoms with Gasteiger partial charge in [0.2, 0.25) is 5.91 Å². The van der Waals surface area contributed by atoms with Crippen LogP contribution in [0.25, 0.3) is 0 Å². The molecule has 1 saturated carbocycles. The Hall–Kier alpha value is -4.20. The van der Waals surface area contributed by atoms with Crippen LogP contribution in [0, 0.1) is 24.2 Å². The lowest BCUT2D eigenvalue weighted by Gasteiger charge is -2.29. The topological polar surface area (TPSA) is 124 Å². The SMILES string of the molecule is CC(=O)N1CCCC(C)C1.Cc1cc(NC(=O)c2cccc(Nc3ccnc(N)c3C(=N)C3CC3)c2)ccc1C(C)C. The van der Waals surface area contributed by atoms with Crippen molar-refractivity contribution in [2.24, 2.45) is 11.8 Å². The van der Waals surface area contributed by atoms with Crippen molar-refractivity contribution in [3.8, 4) is 0 Å². The summed E-state index contributed by atoms with van der Waals surface area (Å²) in [5, 5.41) is 14.8. The van der Waals surface area contributed by atoms with Crippen molar-refractivity contribution in [3.63, 3.8) is 0 Å². The van der Waals surface area contributed by atoms with E-state index in [0.29, 0.717) is 34.5 Å². The van der Waals surface area contributed by atoms with Crippen molar-refractivity contribution in [1.82, 2.24) is 9.88 Å². The second kappa shape index (κ2) is 13.6. The number of aryl methyl sites for hydroxylation is 1. The third kappa shape index (κ3) is 7.96. The van der Waals surface area contributed by atoms with Crippen LogP contribution >= 0.6 is 0 Å². The van der Waals surface area contributed by atoms with Crippen LogP contribution in [0.1, 0.15) is 86.3 Å². The van der Waals surface area contributed by atoms with Gasteiger partial charge in [-0.15, -0.1) is 0 Å². The number of nitrogens with zero attached hydrogens (tertiary/aromatic N) is 2. The fourth-order valence-corrected chi connectivity index (χ4v) is 5.41. The number of nitrogens with one attached hydrogen (secondary N) is 3. The van der Waals surface area contributed by atoms with Crippen LogP contribution in [0.5, 0.6) is 0 Å². The zero-order valence-electron chi connectivity index (χ0n) is 25.5. The van der Waals surface area contributed by atoms with Gasteiger partial charge in [0.25, 0.3) is 5.91 Å². The lowest BCUT2D eigenvalue weighted by Crippen LogP contribution is -2.37. The number of aromatic nitrogens is 1. The number of anilines is 4. The van der Waals surface area contributed by atoms with Crippen LogP contribution < -0.4 is 16.4 Å². The predicted molar refractivity (Wildman–Crippen MR) is 172 cm³/mol. The summed E-state index contributed by atoms with van der Waals surface area (Å²) < 4.78 is 0. The fourth-order valence-electron chi connectivity index (χ4n) is 5.41. The molecule has 1 atom stereocenters. The third-order valence-corrected chi connectivity index (χ3v) is 7.89. The molecule has 42 heavy (non-hydrogen) atoms. The maximum Gasteiger partial charge on any atom is 0.255 e. The third-order valence-electron chi connectivity index (χ3n) is 7.89. The highest BCUT2D eigenvalue weighted by Gasteiger charge is 2.30. The minimum atomic E-state index is -0.175. The van der Waals surface area contributed by atoms with Gasteiger partial charge >= 0.3 is 0 Å². The van der Waals surface area contributed by atoms with Crippen LogP contribution in [-0.4, -0.2) is 40.5 Å². The highest BCUT2D eigenvalue weighted by molar-refractivity contribution is 6.09. The second-order valence-corrected chi connectivity index (χ2v) is 11.9. The van der Waals surface area contributed by atoms with E-state index in [-0.39, 0.29) is 17.7 Å². The molecule has 0 spiro atoms. The van der Waals surface area contributed by atoms with Gasteiger partial charge in [-0.05, 0) is 92.0 Å². The number of hydrogen-bond acceptors (Lipinski definition) is 6. The molecule has 2 aliphatic rings. The van der Waals surface area contributed by atoms with Crippen molar-refractivity contribution >= 4 is 40.4 Å². The Balaban J connectivity index is 0.000000343. The molecule has 2 aromatic carbocycles. The van der Waals surface area contributed by atoms with E-state index in [0.717, 1.165) is 48.6 Å². The van der Waals surface area contributed by atoms with E-state index >= 15 is 0 Å². The van der Waals surface area contributed by atoms with E-state index in [1.807, 2.05) is 35.2 Å². The number of carbonyl (C=O) groups is 2. The number of pyridine rings is 1. The molecule has 8 heteroatoms. The maximum absolute atomic E-state index is 12.9. The number of rotatable bonds is 7. The van der Waals surface area contributed by atoms with Gasteiger partial charge < -0.3 is 26.7 Å². The number of amides is 2. The summed E-state index contributed by atoms with van der Waals surface area (Å²) in [6.07, 6.45) is 6.12. The normalized spacial score (nSPS) is 16.3. The quantitative estimate of drug-likeness (QED) is 0.226. The van der Waals surface area contributed by atoms with Gasteiger partial charge in [-0.2, -0.15) is 0 Å². The van der Waals surface area contributed by atoms with E-state index in [1.54, 1.807) is 25.3 Å². The molecular formula is C34H44N6O2. The number of likely N-dealkylation sites (tertiary alicyclic amines) is 1. The Morgan fingerprint density at radius 1 is 1.07 bits per heavy atom. The van der Waals surface area contributed by atoms with Gasteiger partial charge in [-0.3, -0.25) is 9.59 Å². The first-order valence-electron chi connectivity index (χ1n) is 14.9. The van der Waals surface area contributed by atoms with Gasteiger partial charge in [-0.1, -0.05) is 32.9 Å². The molecule has 0 radical (unpaired) electrons. The molecule has 5 N–H and O–H groups in total. The molecule has 0 bridgehead atoms. The average Bonchev–Trinajstić information content (AvgIpc) is 3.79. The molecule has 2 amide bonds. The van der Waals surface area contributed by atoms with Crippen LogP contribution in [0.2, 0.25) is 0 Å². The molecule has 1 aliphatic carbocycles. The van der Waals surface area contributed by atoms with Crippen LogP contribution in [0.3, 0.4) is 0 Å². The number of carbonyl (C=O) groups excluding carboxylic acids is 2. The van der Waals surface area contributed by atoms with Crippen LogP contribution in [0.4, 0.5) is 22.9 Å². The van der Waals surface area contributed by atoms with E-state index in [9.17, 15) is 9.59 Å². The van der Waals surface area contributed by atoms with Crippen molar-refractivity contribution in [2.45, 2.75) is 66.2 Å². The van der Waals surface area contributed by atoms with Gasteiger partial charge in [0.05, 0.1) is 11.3 Å². The molecule has 8 nitrogen and oxygen atoms in total. The highest BCUT2D eigenvalue weighted by Crippen LogP contribution is 2.37. The molecular weight excluding hydrogens is 524 g/mol. The Labute approximate surface area is 249 Å². The molecule has 1 saturated heterocycles. The summed E-state index contributed by atoms with van der Waals surface area (Å²) in [7, 11) is 0. The molecule has 2 fully saturated rings. The minimum Gasteiger partial charge on any atom is -0.383 e. The van der Waals surface area contributed by atoms with E-state index < -0.39 is 0 Å².